The summed E-state index contributed by atoms with van der Waals surface area (Å²) in [6.07, 6.45) is 8.39. The van der Waals surface area contributed by atoms with Crippen LogP contribution in [0.15, 0.2) is 42.5 Å². The molecule has 0 N–H and O–H groups in total. The maximum Gasteiger partial charge on any atom is 0.136 e. The summed E-state index contributed by atoms with van der Waals surface area (Å²) >= 11 is 12.6. The van der Waals surface area contributed by atoms with Crippen LogP contribution in [-0.2, 0) is 17.6 Å². The van der Waals surface area contributed by atoms with Crippen LogP contribution in [-0.4, -0.2) is 5.78 Å². The number of benzene rings is 2. The molecule has 0 aromatic heterocycles. The number of rotatable bonds is 5. The van der Waals surface area contributed by atoms with Crippen LogP contribution >= 0.6 is 23.2 Å². The third-order valence-corrected chi connectivity index (χ3v) is 7.27. The van der Waals surface area contributed by atoms with Gasteiger partial charge in [-0.15, -0.1) is 0 Å². The zero-order chi connectivity index (χ0) is 18.8. The molecule has 3 atom stereocenters. The number of aryl methyl sites for hydroxylation is 1. The van der Waals surface area contributed by atoms with Gasteiger partial charge in [0.2, 0.25) is 0 Å². The first-order valence-electron chi connectivity index (χ1n) is 10.1. The number of Topliss-reactive ketones (excluding diaryl/α,β-unsaturated/α-hetero) is 1. The van der Waals surface area contributed by atoms with E-state index in [0.717, 1.165) is 24.8 Å². The van der Waals surface area contributed by atoms with Gasteiger partial charge in [0, 0.05) is 22.4 Å². The monoisotopic (exact) mass is 400 g/mol. The molecule has 0 amide bonds. The maximum absolute atomic E-state index is 12.7. The van der Waals surface area contributed by atoms with Crippen LogP contribution in [0.2, 0.25) is 10.0 Å². The summed E-state index contributed by atoms with van der Waals surface area (Å²) in [5.74, 6) is 1.71. The van der Waals surface area contributed by atoms with Crippen LogP contribution < -0.4 is 0 Å². The minimum atomic E-state index is 0.0749. The van der Waals surface area contributed by atoms with Gasteiger partial charge in [0.15, 0.2) is 0 Å². The van der Waals surface area contributed by atoms with Crippen molar-refractivity contribution in [1.29, 1.82) is 0 Å². The van der Waals surface area contributed by atoms with E-state index in [2.05, 4.69) is 24.3 Å². The number of halogens is 2. The van der Waals surface area contributed by atoms with Crippen LogP contribution in [0.4, 0.5) is 0 Å². The molecule has 2 aliphatic carbocycles. The Morgan fingerprint density at radius 1 is 0.852 bits per heavy atom. The van der Waals surface area contributed by atoms with Crippen LogP contribution in [0.25, 0.3) is 0 Å². The topological polar surface area (TPSA) is 17.1 Å². The highest BCUT2D eigenvalue weighted by atomic mass is 35.5. The van der Waals surface area contributed by atoms with Crippen LogP contribution in [0.5, 0.6) is 0 Å². The van der Waals surface area contributed by atoms with Gasteiger partial charge in [-0.2, -0.15) is 0 Å². The SMILES string of the molecule is O=C1CC(CC[C@@H]2CCc3ccccc32)CCC1Cc1c(Cl)cccc1Cl. The summed E-state index contributed by atoms with van der Waals surface area (Å²) in [7, 11) is 0. The van der Waals surface area contributed by atoms with Gasteiger partial charge in [0.1, 0.15) is 5.78 Å². The first-order valence-corrected chi connectivity index (χ1v) is 10.9. The molecule has 2 aromatic carbocycles. The predicted octanol–water partition coefficient (Wildman–Crippen LogP) is 7.03. The molecule has 0 spiro atoms. The van der Waals surface area contributed by atoms with Crippen LogP contribution in [0.3, 0.4) is 0 Å². The zero-order valence-electron chi connectivity index (χ0n) is 15.6. The molecular weight excluding hydrogens is 375 g/mol. The quantitative estimate of drug-likeness (QED) is 0.526. The number of carbonyl (C=O) groups is 1. The average Bonchev–Trinajstić information content (AvgIpc) is 3.08. The van der Waals surface area contributed by atoms with E-state index in [0.29, 0.717) is 34.1 Å². The maximum atomic E-state index is 12.7. The first kappa shape index (κ1) is 19.0. The summed E-state index contributed by atoms with van der Waals surface area (Å²) < 4.78 is 0. The van der Waals surface area contributed by atoms with Crippen LogP contribution in [0.1, 0.15) is 61.1 Å². The van der Waals surface area contributed by atoms with Crippen LogP contribution in [0, 0.1) is 11.8 Å². The molecular formula is C24H26Cl2O. The molecule has 1 fully saturated rings. The molecule has 0 saturated heterocycles. The largest absolute Gasteiger partial charge is 0.299 e. The summed E-state index contributed by atoms with van der Waals surface area (Å²) in [6, 6.07) is 14.4. The van der Waals surface area contributed by atoms with E-state index >= 15 is 0 Å². The van der Waals surface area contributed by atoms with Gasteiger partial charge in [-0.05, 0) is 85.6 Å². The number of hydrogen-bond acceptors (Lipinski definition) is 1. The molecule has 142 valence electrons. The van der Waals surface area contributed by atoms with Gasteiger partial charge in [-0.3, -0.25) is 4.79 Å². The molecule has 0 bridgehead atoms. The van der Waals surface area contributed by atoms with Crippen molar-refractivity contribution in [1.82, 2.24) is 0 Å². The lowest BCUT2D eigenvalue weighted by atomic mass is 9.76. The number of ketones is 1. The third-order valence-electron chi connectivity index (χ3n) is 6.56. The second-order valence-electron chi connectivity index (χ2n) is 8.23. The van der Waals surface area contributed by atoms with Crippen molar-refractivity contribution in [3.8, 4) is 0 Å². The van der Waals surface area contributed by atoms with Crippen molar-refractivity contribution in [2.45, 2.75) is 57.3 Å². The molecule has 0 radical (unpaired) electrons. The molecule has 0 heterocycles. The normalized spacial score (nSPS) is 24.8. The van der Waals surface area contributed by atoms with E-state index in [9.17, 15) is 4.79 Å². The van der Waals surface area contributed by atoms with E-state index in [4.69, 9.17) is 23.2 Å². The average molecular weight is 401 g/mol. The minimum absolute atomic E-state index is 0.0749. The smallest absolute Gasteiger partial charge is 0.136 e. The first-order chi connectivity index (χ1) is 13.1. The van der Waals surface area contributed by atoms with Crippen molar-refractivity contribution in [2.75, 3.05) is 0 Å². The van der Waals surface area contributed by atoms with Crippen molar-refractivity contribution in [3.05, 3.63) is 69.2 Å². The lowest BCUT2D eigenvalue weighted by molar-refractivity contribution is -0.126. The Hall–Kier alpha value is -1.31. The number of fused-ring (bicyclic) bond motifs is 1. The van der Waals surface area contributed by atoms with E-state index < -0.39 is 0 Å². The molecule has 2 aromatic rings. The molecule has 27 heavy (non-hydrogen) atoms. The fourth-order valence-corrected chi connectivity index (χ4v) is 5.52. The van der Waals surface area contributed by atoms with Crippen molar-refractivity contribution in [3.63, 3.8) is 0 Å². The third kappa shape index (κ3) is 4.25. The van der Waals surface area contributed by atoms with E-state index in [1.54, 1.807) is 5.56 Å². The fourth-order valence-electron chi connectivity index (χ4n) is 4.97. The molecule has 3 heteroatoms. The summed E-state index contributed by atoms with van der Waals surface area (Å²) in [4.78, 5) is 12.7. The Morgan fingerprint density at radius 2 is 1.63 bits per heavy atom. The van der Waals surface area contributed by atoms with Gasteiger partial charge >= 0.3 is 0 Å². The summed E-state index contributed by atoms with van der Waals surface area (Å²) in [5.41, 5.74) is 4.00. The second kappa shape index (κ2) is 8.37. The second-order valence-corrected chi connectivity index (χ2v) is 9.04. The Balaban J connectivity index is 1.31. The fraction of sp³-hybridized carbons (Fsp3) is 0.458. The number of carbonyl (C=O) groups excluding carboxylic acids is 1. The molecule has 2 unspecified atom stereocenters. The van der Waals surface area contributed by atoms with Crippen molar-refractivity contribution < 1.29 is 4.79 Å². The van der Waals surface area contributed by atoms with Gasteiger partial charge < -0.3 is 0 Å². The Morgan fingerprint density at radius 3 is 2.41 bits per heavy atom. The molecule has 1 saturated carbocycles. The van der Waals surface area contributed by atoms with Gasteiger partial charge in [-0.1, -0.05) is 53.5 Å². The molecule has 1 nitrogen and oxygen atoms in total. The van der Waals surface area contributed by atoms with Gasteiger partial charge in [-0.25, -0.2) is 0 Å². The Labute approximate surface area is 172 Å². The number of hydrogen-bond donors (Lipinski definition) is 0. The lowest BCUT2D eigenvalue weighted by Gasteiger charge is -2.28. The highest BCUT2D eigenvalue weighted by Crippen LogP contribution is 2.40. The highest BCUT2D eigenvalue weighted by molar-refractivity contribution is 6.36. The molecule has 2 aliphatic rings. The van der Waals surface area contributed by atoms with E-state index in [-0.39, 0.29) is 5.92 Å². The van der Waals surface area contributed by atoms with Gasteiger partial charge in [0.05, 0.1) is 0 Å². The van der Waals surface area contributed by atoms with Gasteiger partial charge in [0.25, 0.3) is 0 Å². The Kier molecular flexibility index (Phi) is 5.90. The highest BCUT2D eigenvalue weighted by Gasteiger charge is 2.30. The Bertz CT molecular complexity index is 809. The van der Waals surface area contributed by atoms with Crippen molar-refractivity contribution >= 4 is 29.0 Å². The summed E-state index contributed by atoms with van der Waals surface area (Å²) in [5, 5.41) is 1.36. The van der Waals surface area contributed by atoms with Crippen molar-refractivity contribution in [2.24, 2.45) is 11.8 Å². The zero-order valence-corrected chi connectivity index (χ0v) is 17.1. The predicted molar refractivity (Wildman–Crippen MR) is 113 cm³/mol. The van der Waals surface area contributed by atoms with E-state index in [1.807, 2.05) is 18.2 Å². The standard InChI is InChI=1S/C24H26Cl2O/c25-22-6-3-7-23(26)21(22)15-19-11-9-16(14-24(19)27)8-10-18-13-12-17-4-1-2-5-20(17)18/h1-7,16,18-19H,8-15H2/t16?,18-,19?/m1/s1. The molecule has 0 aliphatic heterocycles. The lowest BCUT2D eigenvalue weighted by Crippen LogP contribution is -2.27. The van der Waals surface area contributed by atoms with E-state index in [1.165, 1.54) is 31.2 Å². The molecule has 4 rings (SSSR count). The summed E-state index contributed by atoms with van der Waals surface area (Å²) in [6.45, 7) is 0. The minimum Gasteiger partial charge on any atom is -0.299 e.